The summed E-state index contributed by atoms with van der Waals surface area (Å²) in [7, 11) is 0. The van der Waals surface area contributed by atoms with Gasteiger partial charge in [0, 0.05) is 34.1 Å². The zero-order valence-electron chi connectivity index (χ0n) is 20.7. The van der Waals surface area contributed by atoms with E-state index in [2.05, 4.69) is 20.6 Å². The quantitative estimate of drug-likeness (QED) is 0.378. The Kier molecular flexibility index (Phi) is 6.87. The summed E-state index contributed by atoms with van der Waals surface area (Å²) >= 11 is 5.81. The lowest BCUT2D eigenvalue weighted by Gasteiger charge is -2.36. The van der Waals surface area contributed by atoms with Crippen LogP contribution in [0.3, 0.4) is 0 Å². The molecule has 198 valence electrons. The average Bonchev–Trinajstić information content (AvgIpc) is 3.54. The normalized spacial score (nSPS) is 17.2. The Morgan fingerprint density at radius 3 is 2.68 bits per heavy atom. The van der Waals surface area contributed by atoms with Crippen LogP contribution in [0.1, 0.15) is 48.5 Å². The van der Waals surface area contributed by atoms with E-state index >= 15 is 8.78 Å². The van der Waals surface area contributed by atoms with Crippen LogP contribution in [0.5, 0.6) is 0 Å². The number of carbonyl (C=O) groups is 2. The maximum Gasteiger partial charge on any atom is 0.276 e. The average molecular weight is 543 g/mol. The molecule has 1 unspecified atom stereocenters. The van der Waals surface area contributed by atoms with E-state index in [-0.39, 0.29) is 30.7 Å². The monoisotopic (exact) mass is 542 g/mol. The topological polar surface area (TPSA) is 106 Å². The van der Waals surface area contributed by atoms with Gasteiger partial charge in [0.05, 0.1) is 24.8 Å². The van der Waals surface area contributed by atoms with E-state index in [0.717, 1.165) is 15.8 Å². The first-order valence-corrected chi connectivity index (χ1v) is 12.5. The van der Waals surface area contributed by atoms with E-state index in [1.165, 1.54) is 12.1 Å². The third-order valence-corrected chi connectivity index (χ3v) is 6.80. The predicted octanol–water partition coefficient (Wildman–Crippen LogP) is 4.70. The number of amides is 2. The highest BCUT2D eigenvalue weighted by Crippen LogP contribution is 2.40. The van der Waals surface area contributed by atoms with Crippen molar-refractivity contribution in [3.05, 3.63) is 65.1 Å². The molecule has 1 saturated heterocycles. The van der Waals surface area contributed by atoms with E-state index in [4.69, 9.17) is 16.1 Å². The van der Waals surface area contributed by atoms with E-state index in [9.17, 15) is 9.59 Å². The lowest BCUT2D eigenvalue weighted by Crippen LogP contribution is -2.52. The summed E-state index contributed by atoms with van der Waals surface area (Å²) in [5, 5.41) is 12.2. The number of hydrogen-bond acceptors (Lipinski definition) is 6. The van der Waals surface area contributed by atoms with Gasteiger partial charge in [0.1, 0.15) is 5.92 Å². The lowest BCUT2D eigenvalue weighted by molar-refractivity contribution is -0.144. The first kappa shape index (κ1) is 25.8. The molecule has 1 atom stereocenters. The molecular formula is C26H25ClF2N6O3. The Morgan fingerprint density at radius 1 is 1.21 bits per heavy atom. The van der Waals surface area contributed by atoms with Gasteiger partial charge in [0.15, 0.2) is 0 Å². The van der Waals surface area contributed by atoms with Crippen LogP contribution in [0, 0.1) is 0 Å². The molecule has 5 rings (SSSR count). The van der Waals surface area contributed by atoms with Gasteiger partial charge < -0.3 is 14.7 Å². The molecule has 0 radical (unpaired) electrons. The Bertz CT molecular complexity index is 1480. The smallest absolute Gasteiger partial charge is 0.276 e. The highest BCUT2D eigenvalue weighted by Gasteiger charge is 2.49. The van der Waals surface area contributed by atoms with Crippen molar-refractivity contribution in [2.75, 3.05) is 19.6 Å². The zero-order chi connectivity index (χ0) is 27.0. The molecule has 4 aromatic rings. The molecular weight excluding hydrogens is 518 g/mol. The second kappa shape index (κ2) is 10.1. The van der Waals surface area contributed by atoms with Crippen molar-refractivity contribution in [1.29, 1.82) is 0 Å². The molecule has 12 heteroatoms. The van der Waals surface area contributed by atoms with E-state index in [1.54, 1.807) is 24.4 Å². The molecule has 1 aliphatic rings. The van der Waals surface area contributed by atoms with Gasteiger partial charge in [0.2, 0.25) is 17.6 Å². The minimum absolute atomic E-state index is 0.0626. The van der Waals surface area contributed by atoms with Crippen molar-refractivity contribution < 1.29 is 22.9 Å². The van der Waals surface area contributed by atoms with Crippen LogP contribution in [-0.2, 0) is 4.79 Å². The van der Waals surface area contributed by atoms with Gasteiger partial charge in [-0.1, -0.05) is 28.9 Å². The number of aromatic nitrogens is 4. The fourth-order valence-electron chi connectivity index (χ4n) is 4.51. The fourth-order valence-corrected chi connectivity index (χ4v) is 4.64. The van der Waals surface area contributed by atoms with Crippen molar-refractivity contribution >= 4 is 34.3 Å². The molecule has 0 saturated carbocycles. The Morgan fingerprint density at radius 2 is 1.97 bits per heavy atom. The molecule has 2 aromatic carbocycles. The van der Waals surface area contributed by atoms with Crippen LogP contribution >= 0.6 is 11.6 Å². The minimum atomic E-state index is -3.29. The highest BCUT2D eigenvalue weighted by atomic mass is 35.5. The molecule has 0 bridgehead atoms. The van der Waals surface area contributed by atoms with Gasteiger partial charge in [-0.25, -0.2) is 8.78 Å². The number of hydrogen-bond donors (Lipinski definition) is 1. The standard InChI is InChI=1S/C26H25ClF2N6O3/c1-15(2)35-21-11-17(3-4-18(21)12-31-35)23-32-25(38-33-23)20-9-10-34(14-26(20,28)29)22(36)13-30-24(37)16-5-7-19(27)8-6-16/h3-8,11-12,15,20H,9-10,13-14H2,1-2H3,(H,30,37). The second-order valence-corrected chi connectivity index (χ2v) is 9.96. The number of benzene rings is 2. The van der Waals surface area contributed by atoms with E-state index in [0.29, 0.717) is 16.1 Å². The largest absolute Gasteiger partial charge is 0.343 e. The molecule has 2 aromatic heterocycles. The molecule has 1 fully saturated rings. The number of fused-ring (bicyclic) bond motifs is 1. The molecule has 0 spiro atoms. The van der Waals surface area contributed by atoms with Crippen LogP contribution in [0.4, 0.5) is 8.78 Å². The molecule has 0 aliphatic carbocycles. The first-order chi connectivity index (χ1) is 18.1. The highest BCUT2D eigenvalue weighted by molar-refractivity contribution is 6.30. The zero-order valence-corrected chi connectivity index (χ0v) is 21.5. The number of alkyl halides is 2. The van der Waals surface area contributed by atoms with Crippen molar-refractivity contribution in [3.8, 4) is 11.4 Å². The Hall–Kier alpha value is -3.86. The summed E-state index contributed by atoms with van der Waals surface area (Å²) in [4.78, 5) is 30.1. The van der Waals surface area contributed by atoms with Crippen LogP contribution in [-0.4, -0.2) is 62.2 Å². The molecule has 2 amide bonds. The number of halogens is 3. The van der Waals surface area contributed by atoms with Gasteiger partial charge in [-0.3, -0.25) is 14.3 Å². The van der Waals surface area contributed by atoms with Gasteiger partial charge in [-0.05, 0) is 50.6 Å². The maximum absolute atomic E-state index is 15.2. The Balaban J connectivity index is 1.24. The fraction of sp³-hybridized carbons (Fsp3) is 0.346. The minimum Gasteiger partial charge on any atom is -0.343 e. The summed E-state index contributed by atoms with van der Waals surface area (Å²) in [5.41, 5.74) is 1.82. The number of nitrogens with one attached hydrogen (secondary N) is 1. The van der Waals surface area contributed by atoms with Crippen LogP contribution < -0.4 is 5.32 Å². The molecule has 3 heterocycles. The maximum atomic E-state index is 15.2. The lowest BCUT2D eigenvalue weighted by atomic mass is 9.92. The number of likely N-dealkylation sites (tertiary alicyclic amines) is 1. The number of piperidine rings is 1. The second-order valence-electron chi connectivity index (χ2n) is 9.52. The van der Waals surface area contributed by atoms with Crippen LogP contribution in [0.25, 0.3) is 22.3 Å². The summed E-state index contributed by atoms with van der Waals surface area (Å²) in [6.07, 6.45) is 1.70. The van der Waals surface area contributed by atoms with Crippen LogP contribution in [0.2, 0.25) is 5.02 Å². The van der Waals surface area contributed by atoms with E-state index < -0.39 is 36.7 Å². The van der Waals surface area contributed by atoms with Crippen molar-refractivity contribution in [1.82, 2.24) is 30.1 Å². The molecule has 38 heavy (non-hydrogen) atoms. The van der Waals surface area contributed by atoms with Crippen molar-refractivity contribution in [3.63, 3.8) is 0 Å². The van der Waals surface area contributed by atoms with Crippen LogP contribution in [0.15, 0.2) is 53.2 Å². The summed E-state index contributed by atoms with van der Waals surface area (Å²) in [6.45, 7) is 2.87. The van der Waals surface area contributed by atoms with Gasteiger partial charge >= 0.3 is 0 Å². The SMILES string of the molecule is CC(C)n1ncc2ccc(-c3noc(C4CCN(C(=O)CNC(=O)c5ccc(Cl)cc5)CC4(F)F)n3)cc21. The summed E-state index contributed by atoms with van der Waals surface area (Å²) < 4.78 is 37.4. The number of carbonyl (C=O) groups excluding carboxylic acids is 2. The predicted molar refractivity (Wildman–Crippen MR) is 136 cm³/mol. The molecule has 1 aliphatic heterocycles. The van der Waals surface area contributed by atoms with E-state index in [1.807, 2.05) is 30.7 Å². The Labute approximate surface area is 221 Å². The molecule has 1 N–H and O–H groups in total. The third-order valence-electron chi connectivity index (χ3n) is 6.54. The summed E-state index contributed by atoms with van der Waals surface area (Å²) in [5.74, 6) is -5.70. The van der Waals surface area contributed by atoms with Crippen molar-refractivity contribution in [2.45, 2.75) is 38.2 Å². The van der Waals surface area contributed by atoms with Crippen molar-refractivity contribution in [2.24, 2.45) is 0 Å². The number of nitrogens with zero attached hydrogens (tertiary/aromatic N) is 5. The summed E-state index contributed by atoms with van der Waals surface area (Å²) in [6, 6.07) is 11.8. The number of rotatable bonds is 6. The molecule has 9 nitrogen and oxygen atoms in total. The van der Waals surface area contributed by atoms with Gasteiger partial charge in [-0.2, -0.15) is 10.1 Å². The third kappa shape index (κ3) is 5.10. The van der Waals surface area contributed by atoms with Gasteiger partial charge in [0.25, 0.3) is 11.8 Å². The van der Waals surface area contributed by atoms with Gasteiger partial charge in [-0.15, -0.1) is 0 Å². The first-order valence-electron chi connectivity index (χ1n) is 12.1.